The van der Waals surface area contributed by atoms with Crippen molar-refractivity contribution >= 4 is 28.4 Å². The molecule has 5 rings (SSSR count). The molecule has 0 unspecified atom stereocenters. The fourth-order valence-electron chi connectivity index (χ4n) is 3.92. The van der Waals surface area contributed by atoms with Gasteiger partial charge in [-0.25, -0.2) is 4.98 Å². The van der Waals surface area contributed by atoms with Crippen molar-refractivity contribution in [2.24, 2.45) is 5.92 Å². The first-order chi connectivity index (χ1) is 14.8. The van der Waals surface area contributed by atoms with E-state index in [2.05, 4.69) is 51.2 Å². The molecule has 0 radical (unpaired) electrons. The molecule has 1 aliphatic heterocycles. The van der Waals surface area contributed by atoms with E-state index < -0.39 is 0 Å². The number of nitrogens with zero attached hydrogens (tertiary/aromatic N) is 6. The minimum Gasteiger partial charge on any atom is -0.354 e. The lowest BCUT2D eigenvalue weighted by Gasteiger charge is -2.40. The summed E-state index contributed by atoms with van der Waals surface area (Å²) in [6.07, 6.45) is 0. The molecule has 4 aromatic rings. The molecule has 0 saturated carbocycles. The van der Waals surface area contributed by atoms with Gasteiger partial charge in [-0.15, -0.1) is 15.3 Å². The van der Waals surface area contributed by atoms with Crippen LogP contribution in [0.3, 0.4) is 0 Å². The molecule has 1 amide bonds. The monoisotopic (exact) mass is 418 g/mol. The molecule has 0 spiro atoms. The number of amides is 1. The van der Waals surface area contributed by atoms with Crippen molar-refractivity contribution in [1.82, 2.24) is 35.1 Å². The second-order valence-electron chi connectivity index (χ2n) is 9.27. The summed E-state index contributed by atoms with van der Waals surface area (Å²) in [6.45, 7) is 10.6. The van der Waals surface area contributed by atoms with Crippen LogP contribution in [0.2, 0.25) is 0 Å². The third kappa shape index (κ3) is 3.60. The Balaban J connectivity index is 1.20. The van der Waals surface area contributed by atoms with Crippen molar-refractivity contribution in [2.75, 3.05) is 24.5 Å². The number of imidazole rings is 1. The lowest BCUT2D eigenvalue weighted by molar-refractivity contribution is 0.0944. The van der Waals surface area contributed by atoms with E-state index in [1.807, 2.05) is 41.8 Å². The predicted molar refractivity (Wildman–Crippen MR) is 118 cm³/mol. The van der Waals surface area contributed by atoms with Gasteiger partial charge in [0.1, 0.15) is 11.6 Å². The van der Waals surface area contributed by atoms with Gasteiger partial charge in [0, 0.05) is 36.5 Å². The SMILES string of the molecule is Cc1nc2ccc(C(=O)NCC3CN(c4ccc5nnc(C(C)(C)C)n5n4)C3)cc2[nH]1. The van der Waals surface area contributed by atoms with Gasteiger partial charge in [-0.1, -0.05) is 20.8 Å². The van der Waals surface area contributed by atoms with Crippen LogP contribution in [0, 0.1) is 12.8 Å². The zero-order valence-electron chi connectivity index (χ0n) is 18.2. The Hall–Kier alpha value is -3.49. The first-order valence-corrected chi connectivity index (χ1v) is 10.5. The van der Waals surface area contributed by atoms with Crippen LogP contribution < -0.4 is 10.2 Å². The first-order valence-electron chi connectivity index (χ1n) is 10.5. The van der Waals surface area contributed by atoms with Gasteiger partial charge in [0.15, 0.2) is 11.5 Å². The maximum atomic E-state index is 12.6. The minimum absolute atomic E-state index is 0.0635. The molecule has 0 bridgehead atoms. The fourth-order valence-corrected chi connectivity index (χ4v) is 3.92. The van der Waals surface area contributed by atoms with Gasteiger partial charge in [-0.05, 0) is 37.3 Å². The number of hydrogen-bond donors (Lipinski definition) is 2. The predicted octanol–water partition coefficient (Wildman–Crippen LogP) is 2.47. The second kappa shape index (κ2) is 7.04. The minimum atomic E-state index is -0.134. The summed E-state index contributed by atoms with van der Waals surface area (Å²) in [5.41, 5.74) is 3.01. The molecule has 9 nitrogen and oxygen atoms in total. The van der Waals surface area contributed by atoms with E-state index in [0.29, 0.717) is 18.0 Å². The van der Waals surface area contributed by atoms with Crippen molar-refractivity contribution in [3.63, 3.8) is 0 Å². The van der Waals surface area contributed by atoms with Gasteiger partial charge in [0.2, 0.25) is 0 Å². The smallest absolute Gasteiger partial charge is 0.251 e. The van der Waals surface area contributed by atoms with Crippen molar-refractivity contribution in [3.05, 3.63) is 47.5 Å². The van der Waals surface area contributed by atoms with Crippen LogP contribution in [0.1, 0.15) is 42.8 Å². The van der Waals surface area contributed by atoms with E-state index in [0.717, 1.165) is 47.2 Å². The number of hydrogen-bond acceptors (Lipinski definition) is 6. The first kappa shape index (κ1) is 19.5. The van der Waals surface area contributed by atoms with Gasteiger partial charge < -0.3 is 15.2 Å². The maximum Gasteiger partial charge on any atom is 0.251 e. The number of H-pyrrole nitrogens is 1. The third-order valence-electron chi connectivity index (χ3n) is 5.61. The van der Waals surface area contributed by atoms with Crippen LogP contribution in [-0.4, -0.2) is 55.3 Å². The van der Waals surface area contributed by atoms with Crippen molar-refractivity contribution < 1.29 is 4.79 Å². The Morgan fingerprint density at radius 2 is 2.00 bits per heavy atom. The molecule has 0 atom stereocenters. The van der Waals surface area contributed by atoms with Crippen LogP contribution in [0.4, 0.5) is 5.82 Å². The number of benzene rings is 1. The van der Waals surface area contributed by atoms with Gasteiger partial charge in [0.25, 0.3) is 5.91 Å². The highest BCUT2D eigenvalue weighted by Crippen LogP contribution is 2.25. The molecule has 9 heteroatoms. The highest BCUT2D eigenvalue weighted by molar-refractivity contribution is 5.97. The number of nitrogens with one attached hydrogen (secondary N) is 2. The lowest BCUT2D eigenvalue weighted by atomic mass is 9.96. The van der Waals surface area contributed by atoms with E-state index in [4.69, 9.17) is 5.10 Å². The van der Waals surface area contributed by atoms with Crippen LogP contribution in [0.5, 0.6) is 0 Å². The third-order valence-corrected chi connectivity index (χ3v) is 5.61. The average molecular weight is 419 g/mol. The Morgan fingerprint density at radius 3 is 2.77 bits per heavy atom. The van der Waals surface area contributed by atoms with Crippen LogP contribution >= 0.6 is 0 Å². The highest BCUT2D eigenvalue weighted by atomic mass is 16.1. The molecular weight excluding hydrogens is 392 g/mol. The molecule has 1 aromatic carbocycles. The molecule has 3 aromatic heterocycles. The number of aromatic amines is 1. The van der Waals surface area contributed by atoms with Crippen LogP contribution in [0.25, 0.3) is 16.7 Å². The second-order valence-corrected chi connectivity index (χ2v) is 9.27. The van der Waals surface area contributed by atoms with E-state index in [9.17, 15) is 4.79 Å². The fraction of sp³-hybridized carbons (Fsp3) is 0.409. The molecule has 31 heavy (non-hydrogen) atoms. The molecule has 1 fully saturated rings. The Labute approximate surface area is 179 Å². The summed E-state index contributed by atoms with van der Waals surface area (Å²) < 4.78 is 1.83. The zero-order valence-corrected chi connectivity index (χ0v) is 18.2. The standard InChI is InChI=1S/C22H26N8O/c1-13-24-16-6-5-15(9-17(16)25-13)20(31)23-10-14-11-29(12-14)19-8-7-18-26-27-21(22(2,3)4)30(18)28-19/h5-9,14H,10-12H2,1-4H3,(H,23,31)(H,24,25). The summed E-state index contributed by atoms with van der Waals surface area (Å²) in [7, 11) is 0. The molecular formula is C22H26N8O. The molecule has 2 N–H and O–H groups in total. The molecule has 0 aliphatic carbocycles. The number of carbonyl (C=O) groups excluding carboxylic acids is 1. The van der Waals surface area contributed by atoms with E-state index in [1.54, 1.807) is 0 Å². The Kier molecular flexibility index (Phi) is 4.42. The summed E-state index contributed by atoms with van der Waals surface area (Å²) >= 11 is 0. The van der Waals surface area contributed by atoms with E-state index in [1.165, 1.54) is 0 Å². The van der Waals surface area contributed by atoms with Crippen molar-refractivity contribution in [1.29, 1.82) is 0 Å². The molecule has 4 heterocycles. The van der Waals surface area contributed by atoms with E-state index in [-0.39, 0.29) is 11.3 Å². The topological polar surface area (TPSA) is 104 Å². The van der Waals surface area contributed by atoms with Crippen LogP contribution in [0.15, 0.2) is 30.3 Å². The molecule has 1 aliphatic rings. The number of carbonyl (C=O) groups is 1. The number of aromatic nitrogens is 6. The zero-order chi connectivity index (χ0) is 21.8. The number of rotatable bonds is 4. The lowest BCUT2D eigenvalue weighted by Crippen LogP contribution is -2.52. The van der Waals surface area contributed by atoms with Crippen molar-refractivity contribution in [2.45, 2.75) is 33.1 Å². The van der Waals surface area contributed by atoms with Gasteiger partial charge in [0.05, 0.1) is 11.0 Å². The van der Waals surface area contributed by atoms with Gasteiger partial charge >= 0.3 is 0 Å². The molecule has 160 valence electrons. The van der Waals surface area contributed by atoms with Crippen LogP contribution in [-0.2, 0) is 5.41 Å². The Morgan fingerprint density at radius 1 is 1.19 bits per heavy atom. The maximum absolute atomic E-state index is 12.6. The largest absolute Gasteiger partial charge is 0.354 e. The summed E-state index contributed by atoms with van der Waals surface area (Å²) in [5, 5.41) is 16.3. The van der Waals surface area contributed by atoms with Gasteiger partial charge in [-0.3, -0.25) is 4.79 Å². The molecule has 1 saturated heterocycles. The number of fused-ring (bicyclic) bond motifs is 2. The average Bonchev–Trinajstić information content (AvgIpc) is 3.27. The highest BCUT2D eigenvalue weighted by Gasteiger charge is 2.29. The summed E-state index contributed by atoms with van der Waals surface area (Å²) in [5.74, 6) is 2.92. The number of aryl methyl sites for hydroxylation is 1. The quantitative estimate of drug-likeness (QED) is 0.528. The normalized spacial score (nSPS) is 14.9. The Bertz CT molecular complexity index is 1280. The number of anilines is 1. The summed E-state index contributed by atoms with van der Waals surface area (Å²) in [6, 6.07) is 9.47. The van der Waals surface area contributed by atoms with Crippen molar-refractivity contribution in [3.8, 4) is 0 Å². The van der Waals surface area contributed by atoms with E-state index >= 15 is 0 Å². The van der Waals surface area contributed by atoms with Gasteiger partial charge in [-0.2, -0.15) is 4.52 Å². The summed E-state index contributed by atoms with van der Waals surface area (Å²) in [4.78, 5) is 22.3.